The van der Waals surface area contributed by atoms with E-state index >= 15 is 0 Å². The van der Waals surface area contributed by atoms with E-state index in [1.165, 1.54) is 0 Å². The predicted molar refractivity (Wildman–Crippen MR) is 70.0 cm³/mol. The van der Waals surface area contributed by atoms with Crippen LogP contribution in [-0.4, -0.2) is 15.1 Å². The molecule has 3 aromatic rings. The van der Waals surface area contributed by atoms with Gasteiger partial charge in [-0.05, 0) is 18.2 Å². The molecule has 0 bridgehead atoms. The molecule has 0 aliphatic carbocycles. The normalized spacial score (nSPS) is 12.5. The second-order valence-corrected chi connectivity index (χ2v) is 4.08. The topological polar surface area (TPSA) is 46.0 Å². The fraction of sp³-hybridized carbons (Fsp3) is 0.0667. The van der Waals surface area contributed by atoms with Crippen LogP contribution in [0.5, 0.6) is 0 Å². The lowest BCUT2D eigenvalue weighted by atomic mass is 10.0. The maximum absolute atomic E-state index is 10.4. The fourth-order valence-corrected chi connectivity index (χ4v) is 2.05. The van der Waals surface area contributed by atoms with Crippen molar-refractivity contribution in [3.05, 3.63) is 72.2 Å². The summed E-state index contributed by atoms with van der Waals surface area (Å²) in [7, 11) is 0. The molecule has 18 heavy (non-hydrogen) atoms. The number of hydrogen-bond donors (Lipinski definition) is 1. The van der Waals surface area contributed by atoms with Crippen LogP contribution in [0.3, 0.4) is 0 Å². The Bertz CT molecular complexity index is 662. The summed E-state index contributed by atoms with van der Waals surface area (Å²) < 4.78 is 0. The van der Waals surface area contributed by atoms with Crippen molar-refractivity contribution in [2.75, 3.05) is 0 Å². The molecule has 3 nitrogen and oxygen atoms in total. The highest BCUT2D eigenvalue weighted by atomic mass is 16.3. The van der Waals surface area contributed by atoms with Crippen molar-refractivity contribution >= 4 is 10.9 Å². The summed E-state index contributed by atoms with van der Waals surface area (Å²) in [6, 6.07) is 15.2. The van der Waals surface area contributed by atoms with Gasteiger partial charge in [-0.25, -0.2) is 0 Å². The third-order valence-corrected chi connectivity index (χ3v) is 2.93. The highest BCUT2D eigenvalue weighted by molar-refractivity contribution is 5.82. The molecular formula is C15H12N2O. The van der Waals surface area contributed by atoms with Crippen molar-refractivity contribution in [2.24, 2.45) is 0 Å². The van der Waals surface area contributed by atoms with Crippen LogP contribution in [0, 0.1) is 0 Å². The number of pyridine rings is 2. The molecule has 0 radical (unpaired) electrons. The van der Waals surface area contributed by atoms with Gasteiger partial charge in [-0.15, -0.1) is 0 Å². The minimum Gasteiger partial charge on any atom is -0.382 e. The Morgan fingerprint density at radius 1 is 0.833 bits per heavy atom. The monoisotopic (exact) mass is 236 g/mol. The first-order valence-electron chi connectivity index (χ1n) is 5.79. The Kier molecular flexibility index (Phi) is 2.74. The van der Waals surface area contributed by atoms with Crippen LogP contribution in [0.15, 0.2) is 60.9 Å². The smallest absolute Gasteiger partial charge is 0.123 e. The van der Waals surface area contributed by atoms with E-state index < -0.39 is 6.10 Å². The minimum absolute atomic E-state index is 0.635. The zero-order valence-electron chi connectivity index (χ0n) is 9.69. The van der Waals surface area contributed by atoms with Gasteiger partial charge in [0.2, 0.25) is 0 Å². The largest absolute Gasteiger partial charge is 0.382 e. The Morgan fingerprint density at radius 2 is 1.67 bits per heavy atom. The van der Waals surface area contributed by atoms with Crippen molar-refractivity contribution < 1.29 is 5.11 Å². The molecule has 2 heterocycles. The van der Waals surface area contributed by atoms with Gasteiger partial charge >= 0.3 is 0 Å². The number of nitrogens with zero attached hydrogens (tertiary/aromatic N) is 2. The predicted octanol–water partition coefficient (Wildman–Crippen LogP) is 2.71. The van der Waals surface area contributed by atoms with Crippen molar-refractivity contribution in [2.45, 2.75) is 6.10 Å². The summed E-state index contributed by atoms with van der Waals surface area (Å²) in [5.74, 6) is 0. The van der Waals surface area contributed by atoms with Gasteiger partial charge in [-0.1, -0.05) is 30.3 Å². The van der Waals surface area contributed by atoms with E-state index in [1.54, 1.807) is 12.4 Å². The van der Waals surface area contributed by atoms with Gasteiger partial charge in [0.25, 0.3) is 0 Å². The first kappa shape index (κ1) is 10.9. The van der Waals surface area contributed by atoms with Crippen molar-refractivity contribution in [3.8, 4) is 0 Å². The highest BCUT2D eigenvalue weighted by Gasteiger charge is 2.14. The zero-order chi connectivity index (χ0) is 12.4. The molecule has 1 atom stereocenters. The lowest BCUT2D eigenvalue weighted by Gasteiger charge is -2.12. The lowest BCUT2D eigenvalue weighted by molar-refractivity contribution is 0.216. The Labute approximate surface area is 105 Å². The fourth-order valence-electron chi connectivity index (χ4n) is 2.05. The molecule has 0 aliphatic rings. The molecule has 0 saturated heterocycles. The first-order chi connectivity index (χ1) is 8.86. The van der Waals surface area contributed by atoms with E-state index in [1.807, 2.05) is 48.5 Å². The summed E-state index contributed by atoms with van der Waals surface area (Å²) in [6.45, 7) is 0. The summed E-state index contributed by atoms with van der Waals surface area (Å²) >= 11 is 0. The van der Waals surface area contributed by atoms with Gasteiger partial charge in [0.15, 0.2) is 0 Å². The number of aliphatic hydroxyl groups excluding tert-OH is 1. The van der Waals surface area contributed by atoms with E-state index in [-0.39, 0.29) is 0 Å². The van der Waals surface area contributed by atoms with Crippen LogP contribution in [0.1, 0.15) is 17.4 Å². The molecule has 0 aliphatic heterocycles. The maximum atomic E-state index is 10.4. The van der Waals surface area contributed by atoms with E-state index in [4.69, 9.17) is 0 Å². The number of rotatable bonds is 2. The second kappa shape index (κ2) is 4.55. The van der Waals surface area contributed by atoms with Gasteiger partial charge in [0.1, 0.15) is 6.10 Å². The number of hydrogen-bond acceptors (Lipinski definition) is 3. The van der Waals surface area contributed by atoms with E-state index in [0.717, 1.165) is 16.5 Å². The number of fused-ring (bicyclic) bond motifs is 1. The average Bonchev–Trinajstić information content (AvgIpc) is 2.47. The SMILES string of the molecule is OC(c1ccccn1)c1cccc2cccnc12. The molecule has 0 fully saturated rings. The quantitative estimate of drug-likeness (QED) is 0.744. The number of benzene rings is 1. The van der Waals surface area contributed by atoms with E-state index in [9.17, 15) is 5.11 Å². The highest BCUT2D eigenvalue weighted by Crippen LogP contribution is 2.26. The summed E-state index contributed by atoms with van der Waals surface area (Å²) in [4.78, 5) is 8.52. The van der Waals surface area contributed by atoms with E-state index in [0.29, 0.717) is 5.69 Å². The number of aromatic nitrogens is 2. The molecular weight excluding hydrogens is 224 g/mol. The summed E-state index contributed by atoms with van der Waals surface area (Å²) in [5, 5.41) is 11.4. The van der Waals surface area contributed by atoms with Gasteiger partial charge in [0, 0.05) is 23.3 Å². The Morgan fingerprint density at radius 3 is 2.50 bits per heavy atom. The zero-order valence-corrected chi connectivity index (χ0v) is 9.69. The van der Waals surface area contributed by atoms with Crippen molar-refractivity contribution in [3.63, 3.8) is 0 Å². The number of para-hydroxylation sites is 1. The van der Waals surface area contributed by atoms with Gasteiger partial charge in [-0.3, -0.25) is 9.97 Å². The van der Waals surface area contributed by atoms with Crippen LogP contribution in [0.4, 0.5) is 0 Å². The molecule has 0 saturated carbocycles. The molecule has 1 N–H and O–H groups in total. The molecule has 3 rings (SSSR count). The molecule has 0 spiro atoms. The third-order valence-electron chi connectivity index (χ3n) is 2.93. The van der Waals surface area contributed by atoms with Gasteiger partial charge in [0.05, 0.1) is 11.2 Å². The van der Waals surface area contributed by atoms with Crippen LogP contribution in [0.2, 0.25) is 0 Å². The third kappa shape index (κ3) is 1.85. The van der Waals surface area contributed by atoms with Crippen molar-refractivity contribution in [1.82, 2.24) is 9.97 Å². The molecule has 0 amide bonds. The Hall–Kier alpha value is -2.26. The molecule has 3 heteroatoms. The van der Waals surface area contributed by atoms with Gasteiger partial charge in [-0.2, -0.15) is 0 Å². The molecule has 88 valence electrons. The average molecular weight is 236 g/mol. The summed E-state index contributed by atoms with van der Waals surface area (Å²) in [6.07, 6.45) is 2.67. The standard InChI is InChI=1S/C15H12N2O/c18-15(13-8-1-2-9-16-13)12-7-3-5-11-6-4-10-17-14(11)12/h1-10,15,18H. The van der Waals surface area contributed by atoms with Gasteiger partial charge < -0.3 is 5.11 Å². The first-order valence-corrected chi connectivity index (χ1v) is 5.79. The van der Waals surface area contributed by atoms with Crippen LogP contribution >= 0.6 is 0 Å². The second-order valence-electron chi connectivity index (χ2n) is 4.08. The molecule has 2 aromatic heterocycles. The minimum atomic E-state index is -0.746. The molecule has 1 unspecified atom stereocenters. The summed E-state index contributed by atoms with van der Waals surface area (Å²) in [5.41, 5.74) is 2.24. The van der Waals surface area contributed by atoms with Crippen LogP contribution in [0.25, 0.3) is 10.9 Å². The molecule has 1 aromatic carbocycles. The number of aliphatic hydroxyl groups is 1. The van der Waals surface area contributed by atoms with E-state index in [2.05, 4.69) is 9.97 Å². The Balaban J connectivity index is 2.15. The maximum Gasteiger partial charge on any atom is 0.123 e. The van der Waals surface area contributed by atoms with Crippen LogP contribution in [-0.2, 0) is 0 Å². The van der Waals surface area contributed by atoms with Crippen molar-refractivity contribution in [1.29, 1.82) is 0 Å². The lowest BCUT2D eigenvalue weighted by Crippen LogP contribution is -2.03. The van der Waals surface area contributed by atoms with Crippen LogP contribution < -0.4 is 0 Å².